The number of carbonyl (C=O) groups is 2. The van der Waals surface area contributed by atoms with E-state index in [0.717, 1.165) is 11.1 Å². The third-order valence-corrected chi connectivity index (χ3v) is 6.28. The lowest BCUT2D eigenvalue weighted by molar-refractivity contribution is -0.130. The molecule has 0 radical (unpaired) electrons. The maximum absolute atomic E-state index is 13.0. The average molecular weight is 403 g/mol. The number of likely N-dealkylation sites (tertiary alicyclic amines) is 1. The van der Waals surface area contributed by atoms with Crippen molar-refractivity contribution >= 4 is 23.2 Å². The second-order valence-electron chi connectivity index (χ2n) is 7.30. The molecule has 2 saturated heterocycles. The fourth-order valence-corrected chi connectivity index (χ4v) is 4.54. The van der Waals surface area contributed by atoms with E-state index in [2.05, 4.69) is 10.3 Å². The smallest absolute Gasteiger partial charge is 0.228 e. The van der Waals surface area contributed by atoms with Gasteiger partial charge in [-0.3, -0.25) is 14.6 Å². The van der Waals surface area contributed by atoms with Gasteiger partial charge in [0.15, 0.2) is 0 Å². The first kappa shape index (κ1) is 19.0. The molecule has 2 amide bonds. The number of amides is 2. The molecule has 0 spiro atoms. The highest BCUT2D eigenvalue weighted by atomic mass is 32.1. The lowest BCUT2D eigenvalue weighted by Gasteiger charge is -2.19. The van der Waals surface area contributed by atoms with Crippen LogP contribution >= 0.6 is 11.3 Å². The molecule has 4 heterocycles. The topological polar surface area (TPSA) is 71.5 Å². The number of hydrogen-bond acceptors (Lipinski definition) is 5. The molecule has 6 nitrogen and oxygen atoms in total. The number of rotatable bonds is 6. The summed E-state index contributed by atoms with van der Waals surface area (Å²) in [4.78, 5) is 31.7. The number of fused-ring (bicyclic) bond motifs is 1. The van der Waals surface area contributed by atoms with Gasteiger partial charge in [-0.2, -0.15) is 0 Å². The number of nitrogens with zero attached hydrogens (tertiary/aromatic N) is 2. The summed E-state index contributed by atoms with van der Waals surface area (Å²) < 4.78 is 18.8. The summed E-state index contributed by atoms with van der Waals surface area (Å²) in [5.41, 5.74) is 0.550. The maximum Gasteiger partial charge on any atom is 0.228 e. The molecule has 2 aliphatic rings. The molecule has 4 rings (SSSR count). The number of halogens is 1. The van der Waals surface area contributed by atoms with Crippen molar-refractivity contribution in [3.05, 3.63) is 52.2 Å². The summed E-state index contributed by atoms with van der Waals surface area (Å²) in [7, 11) is 0. The minimum absolute atomic E-state index is 0.0137. The van der Waals surface area contributed by atoms with Gasteiger partial charge in [0.1, 0.15) is 5.82 Å². The SMILES string of the molecule is O=C(C[C@H]1CO[C@@H]2CN(C(=O)Cc3ccc(F)cn3)C[C@H]12)NCc1cccs1. The molecule has 1 N–H and O–H groups in total. The second-order valence-corrected chi connectivity index (χ2v) is 8.33. The van der Waals surface area contributed by atoms with Crippen molar-refractivity contribution < 1.29 is 18.7 Å². The summed E-state index contributed by atoms with van der Waals surface area (Å²) in [5.74, 6) is -0.144. The fourth-order valence-electron chi connectivity index (χ4n) is 3.90. The lowest BCUT2D eigenvalue weighted by atomic mass is 9.90. The summed E-state index contributed by atoms with van der Waals surface area (Å²) >= 11 is 1.62. The van der Waals surface area contributed by atoms with Crippen molar-refractivity contribution in [3.8, 4) is 0 Å². The molecule has 2 aromatic heterocycles. The van der Waals surface area contributed by atoms with E-state index in [9.17, 15) is 14.0 Å². The Kier molecular flexibility index (Phi) is 5.68. The highest BCUT2D eigenvalue weighted by Gasteiger charge is 2.45. The van der Waals surface area contributed by atoms with Crippen LogP contribution in [-0.2, 0) is 27.3 Å². The maximum atomic E-state index is 13.0. The number of thiophene rings is 1. The van der Waals surface area contributed by atoms with Gasteiger partial charge in [0.2, 0.25) is 11.8 Å². The van der Waals surface area contributed by atoms with Crippen molar-refractivity contribution in [1.29, 1.82) is 0 Å². The monoisotopic (exact) mass is 403 g/mol. The standard InChI is InChI=1S/C20H22FN3O3S/c21-14-3-4-15(22-8-14)7-20(26)24-10-17-13(12-27-18(17)11-24)6-19(25)23-9-16-2-1-5-28-16/h1-5,8,13,17-18H,6-7,9-12H2,(H,23,25)/t13-,17+,18+/m0/s1. The van der Waals surface area contributed by atoms with Crippen LogP contribution in [0.1, 0.15) is 17.0 Å². The molecule has 0 saturated carbocycles. The zero-order chi connectivity index (χ0) is 19.5. The Morgan fingerprint density at radius 1 is 1.32 bits per heavy atom. The Morgan fingerprint density at radius 2 is 2.21 bits per heavy atom. The first-order chi connectivity index (χ1) is 13.6. The molecule has 2 aliphatic heterocycles. The third kappa shape index (κ3) is 4.39. The second kappa shape index (κ2) is 8.36. The van der Waals surface area contributed by atoms with E-state index < -0.39 is 5.82 Å². The molecule has 2 aromatic rings. The summed E-state index contributed by atoms with van der Waals surface area (Å²) in [5, 5.41) is 4.95. The van der Waals surface area contributed by atoms with Crippen molar-refractivity contribution in [1.82, 2.24) is 15.2 Å². The van der Waals surface area contributed by atoms with Gasteiger partial charge in [-0.25, -0.2) is 4.39 Å². The van der Waals surface area contributed by atoms with Gasteiger partial charge in [-0.05, 0) is 29.5 Å². The van der Waals surface area contributed by atoms with Crippen molar-refractivity contribution in [2.75, 3.05) is 19.7 Å². The Balaban J connectivity index is 1.27. The number of aromatic nitrogens is 1. The number of pyridine rings is 1. The normalized spacial score (nSPS) is 23.6. The number of carbonyl (C=O) groups excluding carboxylic acids is 2. The summed E-state index contributed by atoms with van der Waals surface area (Å²) in [6.07, 6.45) is 1.66. The third-order valence-electron chi connectivity index (χ3n) is 5.40. The molecule has 28 heavy (non-hydrogen) atoms. The van der Waals surface area contributed by atoms with E-state index in [1.807, 2.05) is 17.5 Å². The van der Waals surface area contributed by atoms with Gasteiger partial charge in [0.05, 0.1) is 31.9 Å². The van der Waals surface area contributed by atoms with E-state index in [4.69, 9.17) is 4.74 Å². The largest absolute Gasteiger partial charge is 0.376 e. The molecule has 148 valence electrons. The fraction of sp³-hybridized carbons (Fsp3) is 0.450. The Labute approximate surface area is 166 Å². The number of ether oxygens (including phenoxy) is 1. The number of nitrogens with one attached hydrogen (secondary N) is 1. The highest BCUT2D eigenvalue weighted by molar-refractivity contribution is 7.09. The van der Waals surface area contributed by atoms with E-state index in [0.29, 0.717) is 38.4 Å². The molecule has 0 aliphatic carbocycles. The van der Waals surface area contributed by atoms with E-state index in [1.165, 1.54) is 12.1 Å². The molecule has 0 aromatic carbocycles. The van der Waals surface area contributed by atoms with Crippen LogP contribution < -0.4 is 5.32 Å². The Hall–Kier alpha value is -2.32. The van der Waals surface area contributed by atoms with Crippen LogP contribution in [0.25, 0.3) is 0 Å². The van der Waals surface area contributed by atoms with Crippen LogP contribution in [0.4, 0.5) is 4.39 Å². The van der Waals surface area contributed by atoms with Crippen molar-refractivity contribution in [3.63, 3.8) is 0 Å². The number of hydrogen-bond donors (Lipinski definition) is 1. The van der Waals surface area contributed by atoms with E-state index in [-0.39, 0.29) is 36.2 Å². The van der Waals surface area contributed by atoms with Crippen molar-refractivity contribution in [2.24, 2.45) is 11.8 Å². The van der Waals surface area contributed by atoms with Crippen molar-refractivity contribution in [2.45, 2.75) is 25.5 Å². The zero-order valence-corrected chi connectivity index (χ0v) is 16.2. The van der Waals surface area contributed by atoms with E-state index in [1.54, 1.807) is 16.2 Å². The predicted molar refractivity (Wildman–Crippen MR) is 102 cm³/mol. The molecular weight excluding hydrogens is 381 g/mol. The molecule has 2 fully saturated rings. The van der Waals surface area contributed by atoms with Crippen LogP contribution in [0.5, 0.6) is 0 Å². The van der Waals surface area contributed by atoms with Crippen LogP contribution in [0.15, 0.2) is 35.8 Å². The first-order valence-electron chi connectivity index (χ1n) is 9.37. The summed E-state index contributed by atoms with van der Waals surface area (Å²) in [6, 6.07) is 6.80. The molecule has 8 heteroatoms. The van der Waals surface area contributed by atoms with Gasteiger partial charge in [-0.1, -0.05) is 6.07 Å². The molecule has 0 unspecified atom stereocenters. The minimum atomic E-state index is -0.416. The van der Waals surface area contributed by atoms with Crippen LogP contribution in [-0.4, -0.2) is 47.5 Å². The minimum Gasteiger partial charge on any atom is -0.376 e. The Morgan fingerprint density at radius 3 is 2.96 bits per heavy atom. The average Bonchev–Trinajstić information content (AvgIpc) is 3.40. The van der Waals surface area contributed by atoms with Crippen LogP contribution in [0.3, 0.4) is 0 Å². The highest BCUT2D eigenvalue weighted by Crippen LogP contribution is 2.35. The molecular formula is C20H22FN3O3S. The van der Waals surface area contributed by atoms with Gasteiger partial charge in [0, 0.05) is 36.0 Å². The van der Waals surface area contributed by atoms with Gasteiger partial charge in [-0.15, -0.1) is 11.3 Å². The summed E-state index contributed by atoms with van der Waals surface area (Å²) in [6.45, 7) is 2.24. The molecule has 3 atom stereocenters. The quantitative estimate of drug-likeness (QED) is 0.801. The first-order valence-corrected chi connectivity index (χ1v) is 10.3. The van der Waals surface area contributed by atoms with Crippen LogP contribution in [0, 0.1) is 17.7 Å². The lowest BCUT2D eigenvalue weighted by Crippen LogP contribution is -2.33. The van der Waals surface area contributed by atoms with Gasteiger partial charge in [0.25, 0.3) is 0 Å². The Bertz CT molecular complexity index is 828. The molecule has 0 bridgehead atoms. The van der Waals surface area contributed by atoms with E-state index >= 15 is 0 Å². The van der Waals surface area contributed by atoms with Gasteiger partial charge < -0.3 is 15.0 Å². The van der Waals surface area contributed by atoms with Crippen LogP contribution in [0.2, 0.25) is 0 Å². The zero-order valence-electron chi connectivity index (χ0n) is 15.3. The predicted octanol–water partition coefficient (Wildman–Crippen LogP) is 2.00. The van der Waals surface area contributed by atoms with Gasteiger partial charge >= 0.3 is 0 Å².